The Bertz CT molecular complexity index is 446. The van der Waals surface area contributed by atoms with Crippen molar-refractivity contribution in [3.63, 3.8) is 0 Å². The number of amides is 1. The molecule has 5 heteroatoms. The number of nitrogens with one attached hydrogen (secondary N) is 1. The third kappa shape index (κ3) is 3.35. The van der Waals surface area contributed by atoms with Gasteiger partial charge in [-0.25, -0.2) is 0 Å². The van der Waals surface area contributed by atoms with Crippen LogP contribution in [0.15, 0.2) is 5.38 Å². The van der Waals surface area contributed by atoms with E-state index in [9.17, 15) is 4.79 Å². The highest BCUT2D eigenvalue weighted by Gasteiger charge is 2.29. The Balaban J connectivity index is 0.00000200. The maximum atomic E-state index is 12.5. The van der Waals surface area contributed by atoms with Crippen molar-refractivity contribution in [2.24, 2.45) is 5.73 Å². The van der Waals surface area contributed by atoms with Crippen molar-refractivity contribution >= 4 is 29.7 Å². The van der Waals surface area contributed by atoms with Crippen LogP contribution in [-0.4, -0.2) is 18.0 Å². The molecule has 1 heterocycles. The van der Waals surface area contributed by atoms with E-state index in [-0.39, 0.29) is 23.9 Å². The minimum absolute atomic E-state index is 0. The van der Waals surface area contributed by atoms with E-state index in [0.717, 1.165) is 31.2 Å². The standard InChI is InChI=1S/C15H24N2OS.ClH/c1-3-15(4-2,10-16)17-14(18)12-9-19-13-8-6-5-7-11(12)13;/h9H,3-8,10,16H2,1-2H3,(H,17,18);1H. The number of thiophene rings is 1. The van der Waals surface area contributed by atoms with E-state index in [1.165, 1.54) is 23.3 Å². The summed E-state index contributed by atoms with van der Waals surface area (Å²) in [5.74, 6) is 0.0635. The molecule has 0 aromatic carbocycles. The number of nitrogens with two attached hydrogens (primary N) is 1. The summed E-state index contributed by atoms with van der Waals surface area (Å²) in [6.07, 6.45) is 6.39. The summed E-state index contributed by atoms with van der Waals surface area (Å²) in [6, 6.07) is 0. The maximum absolute atomic E-state index is 12.5. The Morgan fingerprint density at radius 3 is 2.60 bits per heavy atom. The van der Waals surface area contributed by atoms with Gasteiger partial charge in [0, 0.05) is 16.8 Å². The van der Waals surface area contributed by atoms with Gasteiger partial charge >= 0.3 is 0 Å². The Morgan fingerprint density at radius 1 is 1.35 bits per heavy atom. The fourth-order valence-electron chi connectivity index (χ4n) is 2.76. The minimum atomic E-state index is -0.249. The number of fused-ring (bicyclic) bond motifs is 1. The molecule has 2 rings (SSSR count). The third-order valence-electron chi connectivity index (χ3n) is 4.43. The summed E-state index contributed by atoms with van der Waals surface area (Å²) in [5.41, 5.74) is 7.78. The summed E-state index contributed by atoms with van der Waals surface area (Å²) in [4.78, 5) is 13.9. The summed E-state index contributed by atoms with van der Waals surface area (Å²) in [5, 5.41) is 5.20. The fraction of sp³-hybridized carbons (Fsp3) is 0.667. The number of rotatable bonds is 5. The number of carbonyl (C=O) groups excluding carboxylic acids is 1. The summed E-state index contributed by atoms with van der Waals surface area (Å²) in [6.45, 7) is 4.66. The van der Waals surface area contributed by atoms with E-state index in [1.54, 1.807) is 11.3 Å². The summed E-state index contributed by atoms with van der Waals surface area (Å²) >= 11 is 1.74. The molecule has 3 N–H and O–H groups in total. The first-order valence-corrected chi connectivity index (χ1v) is 8.15. The van der Waals surface area contributed by atoms with Crippen molar-refractivity contribution in [2.75, 3.05) is 6.54 Å². The van der Waals surface area contributed by atoms with Crippen LogP contribution in [0.4, 0.5) is 0 Å². The van der Waals surface area contributed by atoms with Crippen molar-refractivity contribution in [1.29, 1.82) is 0 Å². The highest BCUT2D eigenvalue weighted by atomic mass is 35.5. The second-order valence-electron chi connectivity index (χ2n) is 5.40. The molecular weight excluding hydrogens is 292 g/mol. The van der Waals surface area contributed by atoms with E-state index < -0.39 is 0 Å². The molecule has 1 amide bonds. The van der Waals surface area contributed by atoms with Crippen molar-refractivity contribution in [2.45, 2.75) is 57.9 Å². The lowest BCUT2D eigenvalue weighted by atomic mass is 9.91. The lowest BCUT2D eigenvalue weighted by Crippen LogP contribution is -2.53. The molecule has 1 aromatic heterocycles. The Morgan fingerprint density at radius 2 is 2.00 bits per heavy atom. The predicted octanol–water partition coefficient (Wildman–Crippen LogP) is 3.30. The van der Waals surface area contributed by atoms with Gasteiger partial charge in [0.15, 0.2) is 0 Å². The van der Waals surface area contributed by atoms with E-state index in [2.05, 4.69) is 19.2 Å². The molecule has 0 aliphatic heterocycles. The van der Waals surface area contributed by atoms with Gasteiger partial charge in [-0.05, 0) is 44.1 Å². The molecule has 0 bridgehead atoms. The van der Waals surface area contributed by atoms with Crippen molar-refractivity contribution in [1.82, 2.24) is 5.32 Å². The van der Waals surface area contributed by atoms with Crippen LogP contribution in [0.3, 0.4) is 0 Å². The fourth-order valence-corrected chi connectivity index (χ4v) is 3.88. The van der Waals surface area contributed by atoms with E-state index in [1.807, 2.05) is 5.38 Å². The lowest BCUT2D eigenvalue weighted by Gasteiger charge is -2.31. The Hall–Kier alpha value is -0.580. The van der Waals surface area contributed by atoms with E-state index in [0.29, 0.717) is 6.54 Å². The zero-order valence-electron chi connectivity index (χ0n) is 12.3. The highest BCUT2D eigenvalue weighted by molar-refractivity contribution is 7.10. The van der Waals surface area contributed by atoms with Gasteiger partial charge in [-0.15, -0.1) is 23.7 Å². The van der Waals surface area contributed by atoms with Gasteiger partial charge in [0.05, 0.1) is 11.1 Å². The molecular formula is C15H25ClN2OS. The van der Waals surface area contributed by atoms with Crippen molar-refractivity contribution in [3.8, 4) is 0 Å². The van der Waals surface area contributed by atoms with Gasteiger partial charge in [0.1, 0.15) is 0 Å². The van der Waals surface area contributed by atoms with Crippen LogP contribution in [0.1, 0.15) is 60.3 Å². The van der Waals surface area contributed by atoms with Crippen LogP contribution in [0.25, 0.3) is 0 Å². The Labute approximate surface area is 131 Å². The zero-order chi connectivity index (χ0) is 13.9. The van der Waals surface area contributed by atoms with Crippen LogP contribution in [0.5, 0.6) is 0 Å². The van der Waals surface area contributed by atoms with Crippen molar-refractivity contribution < 1.29 is 4.79 Å². The van der Waals surface area contributed by atoms with Gasteiger partial charge in [0.2, 0.25) is 0 Å². The molecule has 0 unspecified atom stereocenters. The number of hydrogen-bond donors (Lipinski definition) is 2. The summed E-state index contributed by atoms with van der Waals surface area (Å²) < 4.78 is 0. The molecule has 3 nitrogen and oxygen atoms in total. The van der Waals surface area contributed by atoms with Gasteiger partial charge in [-0.3, -0.25) is 4.79 Å². The van der Waals surface area contributed by atoms with E-state index >= 15 is 0 Å². The van der Waals surface area contributed by atoms with Crippen LogP contribution in [-0.2, 0) is 12.8 Å². The molecule has 114 valence electrons. The van der Waals surface area contributed by atoms with Gasteiger partial charge in [-0.2, -0.15) is 0 Å². The first-order chi connectivity index (χ1) is 9.15. The largest absolute Gasteiger partial charge is 0.345 e. The normalized spacial score (nSPS) is 14.3. The van der Waals surface area contributed by atoms with Gasteiger partial charge < -0.3 is 11.1 Å². The molecule has 1 aliphatic rings. The summed E-state index contributed by atoms with van der Waals surface area (Å²) in [7, 11) is 0. The number of aryl methyl sites for hydroxylation is 1. The van der Waals surface area contributed by atoms with Crippen LogP contribution in [0, 0.1) is 0 Å². The van der Waals surface area contributed by atoms with Gasteiger partial charge in [0.25, 0.3) is 5.91 Å². The average Bonchev–Trinajstić information content (AvgIpc) is 2.89. The first-order valence-electron chi connectivity index (χ1n) is 7.27. The first kappa shape index (κ1) is 17.5. The number of carbonyl (C=O) groups is 1. The molecule has 0 atom stereocenters. The zero-order valence-corrected chi connectivity index (χ0v) is 14.0. The molecule has 0 fully saturated rings. The smallest absolute Gasteiger partial charge is 0.252 e. The number of halogens is 1. The minimum Gasteiger partial charge on any atom is -0.345 e. The quantitative estimate of drug-likeness (QED) is 0.875. The predicted molar refractivity (Wildman–Crippen MR) is 88.0 cm³/mol. The molecule has 0 saturated heterocycles. The van der Waals surface area contributed by atoms with Crippen LogP contribution < -0.4 is 11.1 Å². The SMILES string of the molecule is CCC(CC)(CN)NC(=O)c1csc2c1CCCC2.Cl. The Kier molecular flexibility index (Phi) is 6.49. The van der Waals surface area contributed by atoms with Crippen molar-refractivity contribution in [3.05, 3.63) is 21.4 Å². The maximum Gasteiger partial charge on any atom is 0.252 e. The third-order valence-corrected chi connectivity index (χ3v) is 5.52. The van der Waals surface area contributed by atoms with Gasteiger partial charge in [-0.1, -0.05) is 13.8 Å². The molecule has 1 aliphatic carbocycles. The number of hydrogen-bond acceptors (Lipinski definition) is 3. The van der Waals surface area contributed by atoms with Crippen LogP contribution in [0.2, 0.25) is 0 Å². The van der Waals surface area contributed by atoms with E-state index in [4.69, 9.17) is 5.73 Å². The topological polar surface area (TPSA) is 55.1 Å². The van der Waals surface area contributed by atoms with Crippen LogP contribution >= 0.6 is 23.7 Å². The molecule has 0 saturated carbocycles. The molecule has 0 spiro atoms. The molecule has 1 aromatic rings. The second kappa shape index (κ2) is 7.43. The second-order valence-corrected chi connectivity index (χ2v) is 6.37. The molecule has 0 radical (unpaired) electrons. The lowest BCUT2D eigenvalue weighted by molar-refractivity contribution is 0.0894. The highest BCUT2D eigenvalue weighted by Crippen LogP contribution is 2.30. The monoisotopic (exact) mass is 316 g/mol. The average molecular weight is 317 g/mol. The molecule has 20 heavy (non-hydrogen) atoms.